The van der Waals surface area contributed by atoms with E-state index in [-0.39, 0.29) is 0 Å². The molecule has 1 rings (SSSR count). The third kappa shape index (κ3) is 6.74. The van der Waals surface area contributed by atoms with Crippen LogP contribution in [0.15, 0.2) is 41.3 Å². The van der Waals surface area contributed by atoms with Crippen LogP contribution in [0.4, 0.5) is 5.69 Å². The fourth-order valence-electron chi connectivity index (χ4n) is 2.34. The van der Waals surface area contributed by atoms with E-state index in [2.05, 4.69) is 75.1 Å². The lowest BCUT2D eigenvalue weighted by Crippen LogP contribution is -2.23. The maximum absolute atomic E-state index is 2.45. The summed E-state index contributed by atoms with van der Waals surface area (Å²) in [7, 11) is 0. The molecule has 122 valence electrons. The standard InChI is InChI=1S/C20H31NS/c1-5-9-17-21(7-3)19-14-11-18(12-15-19)13-16-20(10-6-2)22-8-4/h10-16H,5-9,17H2,1-4H3/b16-13+,20-10-. The Labute approximate surface area is 141 Å². The van der Waals surface area contributed by atoms with Gasteiger partial charge in [-0.1, -0.05) is 51.5 Å². The quantitative estimate of drug-likeness (QED) is 0.461. The predicted molar refractivity (Wildman–Crippen MR) is 105 cm³/mol. The fourth-order valence-corrected chi connectivity index (χ4v) is 3.12. The first-order valence-electron chi connectivity index (χ1n) is 8.61. The molecule has 0 amide bonds. The Morgan fingerprint density at radius 3 is 2.36 bits per heavy atom. The van der Waals surface area contributed by atoms with E-state index in [9.17, 15) is 0 Å². The Morgan fingerprint density at radius 2 is 1.82 bits per heavy atom. The molecule has 0 N–H and O–H groups in total. The van der Waals surface area contributed by atoms with Crippen LogP contribution >= 0.6 is 11.8 Å². The minimum atomic E-state index is 1.08. The van der Waals surface area contributed by atoms with Gasteiger partial charge < -0.3 is 4.90 Å². The van der Waals surface area contributed by atoms with Crippen molar-refractivity contribution in [2.75, 3.05) is 23.7 Å². The number of nitrogens with zero attached hydrogens (tertiary/aromatic N) is 1. The Hall–Kier alpha value is -1.15. The number of unbranched alkanes of at least 4 members (excludes halogenated alkanes) is 1. The van der Waals surface area contributed by atoms with Gasteiger partial charge in [0.1, 0.15) is 0 Å². The summed E-state index contributed by atoms with van der Waals surface area (Å²) < 4.78 is 0. The average Bonchev–Trinajstić information content (AvgIpc) is 2.55. The van der Waals surface area contributed by atoms with Crippen LogP contribution in [0.1, 0.15) is 52.5 Å². The summed E-state index contributed by atoms with van der Waals surface area (Å²) >= 11 is 1.91. The van der Waals surface area contributed by atoms with Crippen molar-refractivity contribution in [2.45, 2.75) is 47.0 Å². The van der Waals surface area contributed by atoms with Crippen LogP contribution in [-0.4, -0.2) is 18.8 Å². The largest absolute Gasteiger partial charge is 0.372 e. The molecule has 0 bridgehead atoms. The fraction of sp³-hybridized carbons (Fsp3) is 0.500. The van der Waals surface area contributed by atoms with Crippen molar-refractivity contribution in [2.24, 2.45) is 0 Å². The molecule has 22 heavy (non-hydrogen) atoms. The number of hydrogen-bond donors (Lipinski definition) is 0. The smallest absolute Gasteiger partial charge is 0.0366 e. The van der Waals surface area contributed by atoms with Crippen LogP contribution in [0.2, 0.25) is 0 Å². The van der Waals surface area contributed by atoms with Gasteiger partial charge in [0.2, 0.25) is 0 Å². The van der Waals surface area contributed by atoms with Crippen LogP contribution in [0.3, 0.4) is 0 Å². The molecule has 0 unspecified atom stereocenters. The average molecular weight is 318 g/mol. The molecule has 0 saturated heterocycles. The third-order valence-electron chi connectivity index (χ3n) is 3.58. The zero-order valence-electron chi connectivity index (χ0n) is 14.6. The summed E-state index contributed by atoms with van der Waals surface area (Å²) in [5, 5.41) is 0. The SMILES string of the molecule is CC/C=C(/C=C/c1ccc(N(CC)CCCC)cc1)SCC. The van der Waals surface area contributed by atoms with Crippen molar-refractivity contribution in [3.63, 3.8) is 0 Å². The molecule has 1 aromatic carbocycles. The number of rotatable bonds is 10. The second-order valence-electron chi connectivity index (χ2n) is 5.31. The molecular weight excluding hydrogens is 286 g/mol. The van der Waals surface area contributed by atoms with Gasteiger partial charge in [-0.05, 0) is 49.3 Å². The van der Waals surface area contributed by atoms with Crippen molar-refractivity contribution in [1.29, 1.82) is 0 Å². The topological polar surface area (TPSA) is 3.24 Å². The first kappa shape index (κ1) is 18.9. The zero-order valence-corrected chi connectivity index (χ0v) is 15.5. The zero-order chi connectivity index (χ0) is 16.2. The Bertz CT molecular complexity index is 459. The number of allylic oxidation sites excluding steroid dienone is 2. The lowest BCUT2D eigenvalue weighted by atomic mass is 10.1. The number of thioether (sulfide) groups is 1. The van der Waals surface area contributed by atoms with Gasteiger partial charge in [-0.2, -0.15) is 0 Å². The third-order valence-corrected chi connectivity index (χ3v) is 4.50. The van der Waals surface area contributed by atoms with E-state index in [0.717, 1.165) is 25.3 Å². The molecule has 1 aromatic rings. The van der Waals surface area contributed by atoms with Gasteiger partial charge in [-0.15, -0.1) is 11.8 Å². The molecule has 0 atom stereocenters. The van der Waals surface area contributed by atoms with E-state index in [1.807, 2.05) is 11.8 Å². The van der Waals surface area contributed by atoms with Gasteiger partial charge >= 0.3 is 0 Å². The second kappa shape index (κ2) is 11.4. The summed E-state index contributed by atoms with van der Waals surface area (Å²) in [5.74, 6) is 1.12. The molecule has 0 aliphatic heterocycles. The van der Waals surface area contributed by atoms with E-state index in [1.54, 1.807) is 0 Å². The molecule has 2 heteroatoms. The van der Waals surface area contributed by atoms with Crippen molar-refractivity contribution in [3.8, 4) is 0 Å². The van der Waals surface area contributed by atoms with E-state index < -0.39 is 0 Å². The Morgan fingerprint density at radius 1 is 1.09 bits per heavy atom. The summed E-state index contributed by atoms with van der Waals surface area (Å²) in [6.45, 7) is 11.1. The highest BCUT2D eigenvalue weighted by atomic mass is 32.2. The van der Waals surface area contributed by atoms with Gasteiger partial charge in [0.25, 0.3) is 0 Å². The molecular formula is C20H31NS. The lowest BCUT2D eigenvalue weighted by Gasteiger charge is -2.23. The van der Waals surface area contributed by atoms with Gasteiger partial charge in [-0.3, -0.25) is 0 Å². The van der Waals surface area contributed by atoms with Crippen LogP contribution in [-0.2, 0) is 0 Å². The normalized spacial score (nSPS) is 12.1. The minimum Gasteiger partial charge on any atom is -0.372 e. The molecule has 0 fully saturated rings. The van der Waals surface area contributed by atoms with Crippen LogP contribution in [0, 0.1) is 0 Å². The summed E-state index contributed by atoms with van der Waals surface area (Å²) in [6, 6.07) is 8.94. The molecule has 0 heterocycles. The molecule has 0 radical (unpaired) electrons. The van der Waals surface area contributed by atoms with Crippen LogP contribution < -0.4 is 4.90 Å². The van der Waals surface area contributed by atoms with E-state index >= 15 is 0 Å². The van der Waals surface area contributed by atoms with E-state index in [0.29, 0.717) is 0 Å². The monoisotopic (exact) mass is 317 g/mol. The molecule has 0 aromatic heterocycles. The maximum atomic E-state index is 2.45. The van der Waals surface area contributed by atoms with E-state index in [4.69, 9.17) is 0 Å². The van der Waals surface area contributed by atoms with Gasteiger partial charge in [0.05, 0.1) is 0 Å². The van der Waals surface area contributed by atoms with Crippen LogP contribution in [0.5, 0.6) is 0 Å². The summed E-state index contributed by atoms with van der Waals surface area (Å²) in [6.07, 6.45) is 10.3. The Balaban J connectivity index is 2.73. The van der Waals surface area contributed by atoms with Gasteiger partial charge in [0, 0.05) is 23.7 Å². The number of anilines is 1. The molecule has 0 aliphatic carbocycles. The van der Waals surface area contributed by atoms with Gasteiger partial charge in [0.15, 0.2) is 0 Å². The van der Waals surface area contributed by atoms with Crippen LogP contribution in [0.25, 0.3) is 6.08 Å². The number of hydrogen-bond acceptors (Lipinski definition) is 2. The summed E-state index contributed by atoms with van der Waals surface area (Å²) in [5.41, 5.74) is 2.61. The number of benzene rings is 1. The molecule has 0 saturated carbocycles. The maximum Gasteiger partial charge on any atom is 0.0366 e. The van der Waals surface area contributed by atoms with Crippen molar-refractivity contribution < 1.29 is 0 Å². The minimum absolute atomic E-state index is 1.08. The van der Waals surface area contributed by atoms with Crippen molar-refractivity contribution in [3.05, 3.63) is 46.9 Å². The highest BCUT2D eigenvalue weighted by molar-refractivity contribution is 8.03. The molecule has 1 nitrogen and oxygen atoms in total. The molecule has 0 aliphatic rings. The van der Waals surface area contributed by atoms with Crippen molar-refractivity contribution >= 4 is 23.5 Å². The highest BCUT2D eigenvalue weighted by Crippen LogP contribution is 2.20. The first-order valence-corrected chi connectivity index (χ1v) is 9.59. The van der Waals surface area contributed by atoms with E-state index in [1.165, 1.54) is 29.0 Å². The van der Waals surface area contributed by atoms with Gasteiger partial charge in [-0.25, -0.2) is 0 Å². The molecule has 0 spiro atoms. The first-order chi connectivity index (χ1) is 10.7. The highest BCUT2D eigenvalue weighted by Gasteiger charge is 2.02. The lowest BCUT2D eigenvalue weighted by molar-refractivity contribution is 0.732. The Kier molecular flexibility index (Phi) is 9.81. The second-order valence-corrected chi connectivity index (χ2v) is 6.64. The summed E-state index contributed by atoms with van der Waals surface area (Å²) in [4.78, 5) is 3.82. The van der Waals surface area contributed by atoms with Crippen molar-refractivity contribution in [1.82, 2.24) is 0 Å². The predicted octanol–water partition coefficient (Wildman–Crippen LogP) is 6.37.